The molecule has 1 amide bonds. The number of anilines is 1. The molecule has 1 aliphatic heterocycles. The molecule has 0 saturated carbocycles. The molecule has 6 nitrogen and oxygen atoms in total. The van der Waals surface area contributed by atoms with E-state index in [9.17, 15) is 4.79 Å². The minimum atomic E-state index is -0.575. The van der Waals surface area contributed by atoms with Crippen molar-refractivity contribution in [3.05, 3.63) is 48.3 Å². The standard InChI is InChI=1S/C20H29N5O.2ClH/c1-3-24(18-8-5-4-7-17(18)2)16-14-22-19(26)20(9-12-21-13-10-20)25-15-6-11-23-25;;/h4-8,11,15,21H,3,9-10,12-14,16H2,1-2H3,(H,22,26);2*1H. The van der Waals surface area contributed by atoms with Crippen molar-refractivity contribution in [1.29, 1.82) is 0 Å². The van der Waals surface area contributed by atoms with Crippen molar-refractivity contribution in [2.75, 3.05) is 37.6 Å². The summed E-state index contributed by atoms with van der Waals surface area (Å²) in [5.41, 5.74) is 1.91. The van der Waals surface area contributed by atoms with Crippen LogP contribution in [0.5, 0.6) is 0 Å². The number of hydrogen-bond acceptors (Lipinski definition) is 4. The summed E-state index contributed by atoms with van der Waals surface area (Å²) in [7, 11) is 0. The van der Waals surface area contributed by atoms with E-state index in [1.807, 2.05) is 16.9 Å². The van der Waals surface area contributed by atoms with Crippen LogP contribution in [0.4, 0.5) is 5.69 Å². The molecule has 0 aliphatic carbocycles. The highest BCUT2D eigenvalue weighted by molar-refractivity contribution is 5.86. The summed E-state index contributed by atoms with van der Waals surface area (Å²) < 4.78 is 1.84. The highest BCUT2D eigenvalue weighted by atomic mass is 35.5. The molecule has 3 rings (SSSR count). The van der Waals surface area contributed by atoms with Gasteiger partial charge in [-0.05, 0) is 57.5 Å². The Kier molecular flexibility index (Phi) is 9.79. The molecule has 1 fully saturated rings. The number of halogens is 2. The number of carbonyl (C=O) groups excluding carboxylic acids is 1. The van der Waals surface area contributed by atoms with Crippen LogP contribution in [0.2, 0.25) is 0 Å². The zero-order valence-electron chi connectivity index (χ0n) is 16.6. The first-order valence-corrected chi connectivity index (χ1v) is 9.47. The Hall–Kier alpha value is -1.76. The van der Waals surface area contributed by atoms with Crippen molar-refractivity contribution in [1.82, 2.24) is 20.4 Å². The normalized spacial score (nSPS) is 15.1. The van der Waals surface area contributed by atoms with Crippen LogP contribution in [0.3, 0.4) is 0 Å². The zero-order valence-corrected chi connectivity index (χ0v) is 18.2. The van der Waals surface area contributed by atoms with Gasteiger partial charge in [0.1, 0.15) is 5.54 Å². The third-order valence-corrected chi connectivity index (χ3v) is 5.30. The molecule has 0 unspecified atom stereocenters. The van der Waals surface area contributed by atoms with Crippen LogP contribution in [0, 0.1) is 6.92 Å². The van der Waals surface area contributed by atoms with E-state index in [2.05, 4.69) is 58.7 Å². The van der Waals surface area contributed by atoms with Gasteiger partial charge in [-0.15, -0.1) is 24.8 Å². The number of nitrogens with one attached hydrogen (secondary N) is 2. The molecule has 8 heteroatoms. The lowest BCUT2D eigenvalue weighted by Crippen LogP contribution is -2.55. The van der Waals surface area contributed by atoms with Crippen molar-refractivity contribution in [2.45, 2.75) is 32.2 Å². The maximum Gasteiger partial charge on any atom is 0.248 e. The Morgan fingerprint density at radius 2 is 1.96 bits per heavy atom. The molecule has 1 aromatic carbocycles. The Morgan fingerprint density at radius 1 is 1.25 bits per heavy atom. The molecule has 28 heavy (non-hydrogen) atoms. The lowest BCUT2D eigenvalue weighted by atomic mass is 9.87. The molecular formula is C20H31Cl2N5O. The summed E-state index contributed by atoms with van der Waals surface area (Å²) in [6.45, 7) is 8.26. The number of piperidine rings is 1. The van der Waals surface area contributed by atoms with Crippen LogP contribution >= 0.6 is 24.8 Å². The third-order valence-electron chi connectivity index (χ3n) is 5.30. The molecule has 0 bridgehead atoms. The molecule has 1 aliphatic rings. The summed E-state index contributed by atoms with van der Waals surface area (Å²) in [6.07, 6.45) is 5.16. The van der Waals surface area contributed by atoms with Crippen molar-refractivity contribution < 1.29 is 4.79 Å². The molecule has 0 spiro atoms. The Labute approximate surface area is 179 Å². The molecule has 2 aromatic rings. The van der Waals surface area contributed by atoms with Gasteiger partial charge >= 0.3 is 0 Å². The Morgan fingerprint density at radius 3 is 2.57 bits per heavy atom. The number of aromatic nitrogens is 2. The van der Waals surface area contributed by atoms with Gasteiger partial charge in [0.2, 0.25) is 5.91 Å². The van der Waals surface area contributed by atoms with Crippen LogP contribution in [0.25, 0.3) is 0 Å². The fourth-order valence-electron chi connectivity index (χ4n) is 3.76. The van der Waals surface area contributed by atoms with Crippen molar-refractivity contribution in [3.63, 3.8) is 0 Å². The number of para-hydroxylation sites is 1. The molecule has 1 saturated heterocycles. The first-order valence-electron chi connectivity index (χ1n) is 9.47. The van der Waals surface area contributed by atoms with E-state index in [1.54, 1.807) is 6.20 Å². The highest BCUT2D eigenvalue weighted by Gasteiger charge is 2.41. The first-order chi connectivity index (χ1) is 12.7. The zero-order chi connectivity index (χ0) is 18.4. The second-order valence-electron chi connectivity index (χ2n) is 6.85. The predicted octanol–water partition coefficient (Wildman–Crippen LogP) is 2.76. The first kappa shape index (κ1) is 24.3. The molecule has 2 heterocycles. The number of likely N-dealkylation sites (N-methyl/N-ethyl adjacent to an activating group) is 1. The summed E-state index contributed by atoms with van der Waals surface area (Å²) >= 11 is 0. The summed E-state index contributed by atoms with van der Waals surface area (Å²) in [4.78, 5) is 15.4. The van der Waals surface area contributed by atoms with E-state index in [-0.39, 0.29) is 30.7 Å². The number of hydrogen-bond donors (Lipinski definition) is 2. The third kappa shape index (κ3) is 5.19. The lowest BCUT2D eigenvalue weighted by molar-refractivity contribution is -0.131. The number of benzene rings is 1. The second kappa shape index (κ2) is 11.3. The van der Waals surface area contributed by atoms with Crippen LogP contribution in [0.15, 0.2) is 42.7 Å². The number of nitrogens with zero attached hydrogens (tertiary/aromatic N) is 3. The highest BCUT2D eigenvalue weighted by Crippen LogP contribution is 2.27. The van der Waals surface area contributed by atoms with E-state index in [0.717, 1.165) is 39.0 Å². The van der Waals surface area contributed by atoms with Gasteiger partial charge in [-0.25, -0.2) is 0 Å². The van der Waals surface area contributed by atoms with Crippen LogP contribution < -0.4 is 15.5 Å². The van der Waals surface area contributed by atoms with E-state index in [0.29, 0.717) is 6.54 Å². The average molecular weight is 428 g/mol. The maximum atomic E-state index is 13.1. The summed E-state index contributed by atoms with van der Waals surface area (Å²) in [6, 6.07) is 10.3. The summed E-state index contributed by atoms with van der Waals surface area (Å²) in [5, 5.41) is 10.9. The average Bonchev–Trinajstić information content (AvgIpc) is 3.22. The SMILES string of the molecule is CCN(CCNC(=O)C1(n2cccn2)CCNCC1)c1ccccc1C.Cl.Cl. The molecule has 2 N–H and O–H groups in total. The van der Waals surface area contributed by atoms with E-state index in [4.69, 9.17) is 0 Å². The van der Waals surface area contributed by atoms with Gasteiger partial charge in [0, 0.05) is 37.7 Å². The fraction of sp³-hybridized carbons (Fsp3) is 0.500. The van der Waals surface area contributed by atoms with E-state index >= 15 is 0 Å². The van der Waals surface area contributed by atoms with Gasteiger partial charge < -0.3 is 15.5 Å². The van der Waals surface area contributed by atoms with Crippen molar-refractivity contribution in [2.24, 2.45) is 0 Å². The van der Waals surface area contributed by atoms with Gasteiger partial charge in [0.05, 0.1) is 0 Å². The van der Waals surface area contributed by atoms with Gasteiger partial charge in [0.15, 0.2) is 0 Å². The minimum Gasteiger partial charge on any atom is -0.370 e. The predicted molar refractivity (Wildman–Crippen MR) is 119 cm³/mol. The van der Waals surface area contributed by atoms with E-state index < -0.39 is 5.54 Å². The maximum absolute atomic E-state index is 13.1. The second-order valence-corrected chi connectivity index (χ2v) is 6.85. The lowest BCUT2D eigenvalue weighted by Gasteiger charge is -2.36. The fourth-order valence-corrected chi connectivity index (χ4v) is 3.76. The number of amides is 1. The summed E-state index contributed by atoms with van der Waals surface area (Å²) in [5.74, 6) is 0.0727. The van der Waals surface area contributed by atoms with Gasteiger partial charge in [-0.1, -0.05) is 18.2 Å². The Bertz CT molecular complexity index is 717. The molecule has 1 aromatic heterocycles. The van der Waals surface area contributed by atoms with Crippen molar-refractivity contribution in [3.8, 4) is 0 Å². The van der Waals surface area contributed by atoms with E-state index in [1.165, 1.54) is 11.3 Å². The minimum absolute atomic E-state index is 0. The number of carbonyl (C=O) groups is 1. The van der Waals surface area contributed by atoms with Crippen molar-refractivity contribution >= 4 is 36.4 Å². The topological polar surface area (TPSA) is 62.2 Å². The van der Waals surface area contributed by atoms with Gasteiger partial charge in [-0.3, -0.25) is 9.48 Å². The molecule has 0 radical (unpaired) electrons. The van der Waals surface area contributed by atoms with Crippen LogP contribution in [-0.2, 0) is 10.3 Å². The van der Waals surface area contributed by atoms with Crippen LogP contribution in [0.1, 0.15) is 25.3 Å². The monoisotopic (exact) mass is 427 g/mol. The quantitative estimate of drug-likeness (QED) is 0.712. The molecule has 0 atom stereocenters. The van der Waals surface area contributed by atoms with Gasteiger partial charge in [-0.2, -0.15) is 5.10 Å². The molecule has 156 valence electrons. The number of aryl methyl sites for hydroxylation is 1. The number of rotatable bonds is 7. The smallest absolute Gasteiger partial charge is 0.248 e. The molecular weight excluding hydrogens is 397 g/mol. The van der Waals surface area contributed by atoms with Gasteiger partial charge in [0.25, 0.3) is 0 Å². The van der Waals surface area contributed by atoms with Crippen LogP contribution in [-0.4, -0.2) is 48.4 Å². The Balaban J connectivity index is 0.00000196. The largest absolute Gasteiger partial charge is 0.370 e.